The molecule has 0 saturated heterocycles. The third kappa shape index (κ3) is 6.91. The van der Waals surface area contributed by atoms with Crippen molar-refractivity contribution in [2.24, 2.45) is 5.92 Å². The highest BCUT2D eigenvalue weighted by Gasteiger charge is 2.25. The van der Waals surface area contributed by atoms with Crippen LogP contribution in [-0.2, 0) is 5.92 Å². The minimum Gasteiger partial charge on any atom is -0.369 e. The number of nitrogens with one attached hydrogen (secondary N) is 1. The van der Waals surface area contributed by atoms with Crippen LogP contribution in [0.3, 0.4) is 0 Å². The average Bonchev–Trinajstić information content (AvgIpc) is 3.18. The summed E-state index contributed by atoms with van der Waals surface area (Å²) in [5, 5.41) is 8.79. The maximum absolute atomic E-state index is 14.0. The molecule has 0 bridgehead atoms. The van der Waals surface area contributed by atoms with E-state index in [4.69, 9.17) is 16.7 Å². The highest BCUT2D eigenvalue weighted by molar-refractivity contribution is 6.30. The lowest BCUT2D eigenvalue weighted by molar-refractivity contribution is 0.0175. The zero-order valence-electron chi connectivity index (χ0n) is 19.5. The number of allylic oxidation sites excluding steroid dienone is 1. The van der Waals surface area contributed by atoms with Crippen molar-refractivity contribution in [2.75, 3.05) is 11.9 Å². The Labute approximate surface area is 200 Å². The van der Waals surface area contributed by atoms with E-state index in [1.807, 2.05) is 24.3 Å². The Morgan fingerprint density at radius 3 is 2.52 bits per heavy atom. The summed E-state index contributed by atoms with van der Waals surface area (Å²) in [4.78, 5) is 0. The van der Waals surface area contributed by atoms with E-state index in [1.54, 1.807) is 22.9 Å². The number of nitrogens with zero attached hydrogens (tertiary/aromatic N) is 2. The van der Waals surface area contributed by atoms with Gasteiger partial charge in [-0.2, -0.15) is 0 Å². The third-order valence-electron chi connectivity index (χ3n) is 5.64. The van der Waals surface area contributed by atoms with Gasteiger partial charge in [0.15, 0.2) is 0 Å². The predicted molar refractivity (Wildman–Crippen MR) is 135 cm³/mol. The van der Waals surface area contributed by atoms with Crippen molar-refractivity contribution in [3.8, 4) is 16.9 Å². The molecule has 3 aromatic rings. The lowest BCUT2D eigenvalue weighted by Gasteiger charge is -2.16. The van der Waals surface area contributed by atoms with Crippen molar-refractivity contribution in [2.45, 2.75) is 52.4 Å². The van der Waals surface area contributed by atoms with Crippen molar-refractivity contribution < 1.29 is 8.78 Å². The molecule has 1 heterocycles. The fraction of sp³-hybridized carbons (Fsp3) is 0.370. The first-order valence-corrected chi connectivity index (χ1v) is 11.8. The second kappa shape index (κ2) is 11.0. The van der Waals surface area contributed by atoms with Crippen LogP contribution in [0.1, 0.15) is 52.0 Å². The zero-order valence-corrected chi connectivity index (χ0v) is 20.3. The van der Waals surface area contributed by atoms with Crippen LogP contribution in [0.5, 0.6) is 0 Å². The minimum atomic E-state index is -2.92. The van der Waals surface area contributed by atoms with Gasteiger partial charge in [0.1, 0.15) is 5.82 Å². The van der Waals surface area contributed by atoms with Gasteiger partial charge in [-0.15, -0.1) is 11.7 Å². The van der Waals surface area contributed by atoms with E-state index in [2.05, 4.69) is 25.7 Å². The molecule has 33 heavy (non-hydrogen) atoms. The van der Waals surface area contributed by atoms with Crippen molar-refractivity contribution in [1.82, 2.24) is 9.78 Å². The predicted octanol–water partition coefficient (Wildman–Crippen LogP) is 8.49. The van der Waals surface area contributed by atoms with Gasteiger partial charge in [0.25, 0.3) is 5.92 Å². The molecular formula is C27H32ClF2N3. The maximum atomic E-state index is 14.0. The topological polar surface area (TPSA) is 29.9 Å². The Balaban J connectivity index is 1.89. The molecule has 0 aliphatic rings. The molecule has 0 unspecified atom stereocenters. The van der Waals surface area contributed by atoms with Crippen LogP contribution >= 0.6 is 11.6 Å². The third-order valence-corrected chi connectivity index (χ3v) is 5.89. The Morgan fingerprint density at radius 1 is 1.15 bits per heavy atom. The highest BCUT2D eigenvalue weighted by Crippen LogP contribution is 2.32. The van der Waals surface area contributed by atoms with Gasteiger partial charge in [-0.25, -0.2) is 13.5 Å². The number of hydrogen-bond acceptors (Lipinski definition) is 2. The molecule has 1 N–H and O–H groups in total. The standard InChI is InChI=1S/C27H32ClF2N3/c1-5-7-20(16-19(2)3)14-15-31-26-18-25(21-8-6-9-22(17-21)27(4,29)30)33(32-26)24-12-10-23(28)11-13-24/h6,8-13,17-18,20H,2,5,7,14-16H2,1,3-4H3,(H,31,32)/t20-/m1/s1. The summed E-state index contributed by atoms with van der Waals surface area (Å²) in [5.74, 6) is -1.62. The van der Waals surface area contributed by atoms with Crippen LogP contribution in [-0.4, -0.2) is 16.3 Å². The van der Waals surface area contributed by atoms with Crippen molar-refractivity contribution in [1.29, 1.82) is 0 Å². The van der Waals surface area contributed by atoms with E-state index in [-0.39, 0.29) is 5.56 Å². The van der Waals surface area contributed by atoms with Crippen LogP contribution in [0, 0.1) is 5.92 Å². The molecule has 6 heteroatoms. The van der Waals surface area contributed by atoms with E-state index < -0.39 is 5.92 Å². The SMILES string of the molecule is C=C(C)C[C@H](CCC)CCNc1cc(-c2cccc(C(C)(F)F)c2)n(-c2ccc(Cl)cc2)n1. The van der Waals surface area contributed by atoms with Crippen LogP contribution in [0.2, 0.25) is 5.02 Å². The zero-order chi connectivity index (χ0) is 24.0. The molecule has 0 fully saturated rings. The summed E-state index contributed by atoms with van der Waals surface area (Å²) < 4.78 is 29.7. The van der Waals surface area contributed by atoms with Crippen LogP contribution in [0.25, 0.3) is 16.9 Å². The minimum absolute atomic E-state index is 0.0273. The molecule has 0 saturated carbocycles. The van der Waals surface area contributed by atoms with E-state index in [0.717, 1.165) is 50.5 Å². The van der Waals surface area contributed by atoms with E-state index >= 15 is 0 Å². The number of alkyl halides is 2. The van der Waals surface area contributed by atoms with Gasteiger partial charge in [-0.05, 0) is 56.0 Å². The molecule has 0 radical (unpaired) electrons. The fourth-order valence-corrected chi connectivity index (χ4v) is 4.18. The van der Waals surface area contributed by atoms with Crippen molar-refractivity contribution in [3.63, 3.8) is 0 Å². The second-order valence-electron chi connectivity index (χ2n) is 8.80. The van der Waals surface area contributed by atoms with E-state index in [0.29, 0.717) is 22.3 Å². The average molecular weight is 472 g/mol. The van der Waals surface area contributed by atoms with Crippen LogP contribution < -0.4 is 5.32 Å². The van der Waals surface area contributed by atoms with E-state index in [1.165, 1.54) is 17.7 Å². The number of halogens is 3. The molecule has 1 aromatic heterocycles. The Morgan fingerprint density at radius 2 is 1.88 bits per heavy atom. The van der Waals surface area contributed by atoms with Gasteiger partial charge in [-0.1, -0.05) is 55.1 Å². The summed E-state index contributed by atoms with van der Waals surface area (Å²) in [6.07, 6.45) is 4.35. The summed E-state index contributed by atoms with van der Waals surface area (Å²) >= 11 is 6.06. The maximum Gasteiger partial charge on any atom is 0.270 e. The van der Waals surface area contributed by atoms with Gasteiger partial charge in [0.05, 0.1) is 11.4 Å². The van der Waals surface area contributed by atoms with Gasteiger partial charge in [0.2, 0.25) is 0 Å². The largest absolute Gasteiger partial charge is 0.369 e. The Bertz CT molecular complexity index is 1070. The van der Waals surface area contributed by atoms with Crippen LogP contribution in [0.15, 0.2) is 66.7 Å². The molecular weight excluding hydrogens is 440 g/mol. The van der Waals surface area contributed by atoms with Gasteiger partial charge in [0, 0.05) is 35.7 Å². The summed E-state index contributed by atoms with van der Waals surface area (Å²) in [5.41, 5.74) is 3.40. The lowest BCUT2D eigenvalue weighted by atomic mass is 9.93. The van der Waals surface area contributed by atoms with Gasteiger partial charge < -0.3 is 5.32 Å². The van der Waals surface area contributed by atoms with Gasteiger partial charge >= 0.3 is 0 Å². The number of aromatic nitrogens is 2. The Kier molecular flexibility index (Phi) is 8.30. The lowest BCUT2D eigenvalue weighted by Crippen LogP contribution is -2.10. The van der Waals surface area contributed by atoms with Crippen molar-refractivity contribution >= 4 is 17.4 Å². The second-order valence-corrected chi connectivity index (χ2v) is 9.24. The fourth-order valence-electron chi connectivity index (χ4n) is 4.06. The monoisotopic (exact) mass is 471 g/mol. The Hall–Kier alpha value is -2.66. The van der Waals surface area contributed by atoms with E-state index in [9.17, 15) is 8.78 Å². The summed E-state index contributed by atoms with van der Waals surface area (Å²) in [6, 6.07) is 15.7. The smallest absolute Gasteiger partial charge is 0.270 e. The molecule has 2 aromatic carbocycles. The first-order chi connectivity index (χ1) is 15.7. The van der Waals surface area contributed by atoms with Gasteiger partial charge in [-0.3, -0.25) is 0 Å². The molecule has 3 rings (SSSR count). The molecule has 0 aliphatic heterocycles. The molecule has 0 aliphatic carbocycles. The summed E-state index contributed by atoms with van der Waals surface area (Å²) in [6.45, 7) is 10.0. The molecule has 176 valence electrons. The first-order valence-electron chi connectivity index (χ1n) is 11.4. The molecule has 1 atom stereocenters. The molecule has 0 spiro atoms. The highest BCUT2D eigenvalue weighted by atomic mass is 35.5. The summed E-state index contributed by atoms with van der Waals surface area (Å²) in [7, 11) is 0. The number of hydrogen-bond donors (Lipinski definition) is 1. The number of rotatable bonds is 11. The number of benzene rings is 2. The normalized spacial score (nSPS) is 12.5. The first kappa shape index (κ1) is 25.0. The van der Waals surface area contributed by atoms with Crippen molar-refractivity contribution in [3.05, 3.63) is 77.3 Å². The molecule has 3 nitrogen and oxygen atoms in total. The molecule has 0 amide bonds. The number of anilines is 1. The van der Waals surface area contributed by atoms with Crippen LogP contribution in [0.4, 0.5) is 14.6 Å². The quantitative estimate of drug-likeness (QED) is 0.284.